The molecule has 2 rings (SSSR count). The fourth-order valence-corrected chi connectivity index (χ4v) is 4.30. The lowest BCUT2D eigenvalue weighted by Gasteiger charge is -2.24. The molecule has 0 aliphatic heterocycles. The number of nitrogen functional groups attached to an aromatic ring is 1. The fourth-order valence-electron chi connectivity index (χ4n) is 2.66. The molecule has 10 nitrogen and oxygen atoms in total. The molecule has 30 heavy (non-hydrogen) atoms. The normalized spacial score (nSPS) is 10.7. The second kappa shape index (κ2) is 11.6. The number of thioether (sulfide) groups is 1. The van der Waals surface area contributed by atoms with E-state index in [1.54, 1.807) is 6.08 Å². The summed E-state index contributed by atoms with van der Waals surface area (Å²) in [4.78, 5) is 41.3. The van der Waals surface area contributed by atoms with Gasteiger partial charge in [-0.1, -0.05) is 49.4 Å². The molecule has 0 aromatic carbocycles. The summed E-state index contributed by atoms with van der Waals surface area (Å²) in [7, 11) is 0. The number of unbranched alkanes of at least 4 members (excludes halogenated alkanes) is 1. The van der Waals surface area contributed by atoms with Gasteiger partial charge in [0.2, 0.25) is 11.0 Å². The fraction of sp³-hybridized carbons (Fsp3) is 0.500. The van der Waals surface area contributed by atoms with Gasteiger partial charge in [-0.3, -0.25) is 19.1 Å². The van der Waals surface area contributed by atoms with Crippen LogP contribution in [0.2, 0.25) is 0 Å². The van der Waals surface area contributed by atoms with Crippen LogP contribution in [0.4, 0.5) is 16.6 Å². The summed E-state index contributed by atoms with van der Waals surface area (Å²) in [5, 5.41) is 11.7. The zero-order chi connectivity index (χ0) is 22.1. The van der Waals surface area contributed by atoms with Gasteiger partial charge in [0.25, 0.3) is 5.56 Å². The number of anilines is 3. The predicted molar refractivity (Wildman–Crippen MR) is 123 cm³/mol. The Kier molecular flexibility index (Phi) is 9.12. The maximum absolute atomic E-state index is 13.0. The third kappa shape index (κ3) is 5.95. The van der Waals surface area contributed by atoms with Crippen molar-refractivity contribution in [2.75, 3.05) is 34.8 Å². The van der Waals surface area contributed by atoms with Gasteiger partial charge in [-0.05, 0) is 12.8 Å². The summed E-state index contributed by atoms with van der Waals surface area (Å²) in [6.45, 7) is 8.76. The van der Waals surface area contributed by atoms with E-state index in [-0.39, 0.29) is 23.2 Å². The van der Waals surface area contributed by atoms with E-state index in [0.717, 1.165) is 6.42 Å². The standard InChI is InChI=1S/C18H27N7O3S2/c1-4-7-10-24(13-14(19)25(9-6-3)17(28)21-15(13)27)12(26)11-29-18-23-22-16(30-18)20-8-5-2/h5H,2,4,6-11,19H2,1,3H3,(H,20,22)(H,21,27,28). The molecule has 0 unspecified atom stereocenters. The summed E-state index contributed by atoms with van der Waals surface area (Å²) in [5.41, 5.74) is 4.93. The van der Waals surface area contributed by atoms with E-state index in [1.165, 1.54) is 32.6 Å². The van der Waals surface area contributed by atoms with Gasteiger partial charge in [0.1, 0.15) is 5.82 Å². The summed E-state index contributed by atoms with van der Waals surface area (Å²) in [5.74, 6) is -0.221. The number of carbonyl (C=O) groups excluding carboxylic acids is 1. The number of nitrogens with zero attached hydrogens (tertiary/aromatic N) is 4. The number of rotatable bonds is 12. The molecule has 0 radical (unpaired) electrons. The van der Waals surface area contributed by atoms with Crippen molar-refractivity contribution in [2.24, 2.45) is 0 Å². The van der Waals surface area contributed by atoms with Crippen molar-refractivity contribution in [1.82, 2.24) is 19.7 Å². The number of carbonyl (C=O) groups is 1. The van der Waals surface area contributed by atoms with Crippen molar-refractivity contribution in [3.63, 3.8) is 0 Å². The molecule has 0 spiro atoms. The molecule has 0 aliphatic rings. The van der Waals surface area contributed by atoms with Crippen LogP contribution < -0.4 is 27.2 Å². The Morgan fingerprint density at radius 3 is 2.80 bits per heavy atom. The number of nitrogens with two attached hydrogens (primary N) is 1. The Labute approximate surface area is 182 Å². The van der Waals surface area contributed by atoms with E-state index in [4.69, 9.17) is 5.73 Å². The van der Waals surface area contributed by atoms with Crippen LogP contribution in [0.1, 0.15) is 33.1 Å². The van der Waals surface area contributed by atoms with E-state index in [0.29, 0.717) is 41.9 Å². The largest absolute Gasteiger partial charge is 0.383 e. The molecular formula is C18H27N7O3S2. The highest BCUT2D eigenvalue weighted by molar-refractivity contribution is 8.01. The van der Waals surface area contributed by atoms with Crippen LogP contribution in [0, 0.1) is 0 Å². The number of hydrogen-bond acceptors (Lipinski definition) is 9. The minimum atomic E-state index is -0.661. The Morgan fingerprint density at radius 1 is 1.37 bits per heavy atom. The summed E-state index contributed by atoms with van der Waals surface area (Å²) in [6, 6.07) is 0. The minimum absolute atomic E-state index is 0.00637. The number of nitrogens with one attached hydrogen (secondary N) is 2. The van der Waals surface area contributed by atoms with Gasteiger partial charge in [0, 0.05) is 19.6 Å². The third-order valence-electron chi connectivity index (χ3n) is 4.09. The lowest BCUT2D eigenvalue weighted by molar-refractivity contribution is -0.116. The van der Waals surface area contributed by atoms with Crippen molar-refractivity contribution in [1.29, 1.82) is 0 Å². The average molecular weight is 454 g/mol. The van der Waals surface area contributed by atoms with E-state index in [9.17, 15) is 14.4 Å². The third-order valence-corrected chi connectivity index (χ3v) is 6.09. The second-order valence-electron chi connectivity index (χ2n) is 6.38. The topological polar surface area (TPSA) is 139 Å². The van der Waals surface area contributed by atoms with Crippen molar-refractivity contribution in [3.05, 3.63) is 33.5 Å². The van der Waals surface area contributed by atoms with Gasteiger partial charge in [0.15, 0.2) is 10.0 Å². The monoisotopic (exact) mass is 453 g/mol. The molecular weight excluding hydrogens is 426 g/mol. The van der Waals surface area contributed by atoms with Crippen molar-refractivity contribution < 1.29 is 4.79 Å². The molecule has 0 fully saturated rings. The smallest absolute Gasteiger partial charge is 0.330 e. The zero-order valence-electron chi connectivity index (χ0n) is 17.1. The van der Waals surface area contributed by atoms with Gasteiger partial charge in [-0.25, -0.2) is 4.79 Å². The molecule has 2 aromatic heterocycles. The van der Waals surface area contributed by atoms with E-state index < -0.39 is 11.2 Å². The summed E-state index contributed by atoms with van der Waals surface area (Å²) >= 11 is 2.57. The van der Waals surface area contributed by atoms with Crippen LogP contribution in [-0.4, -0.2) is 44.5 Å². The van der Waals surface area contributed by atoms with Gasteiger partial charge in [-0.15, -0.1) is 16.8 Å². The lowest BCUT2D eigenvalue weighted by atomic mass is 10.2. The second-order valence-corrected chi connectivity index (χ2v) is 8.58. The number of aromatic amines is 1. The number of H-pyrrole nitrogens is 1. The van der Waals surface area contributed by atoms with Crippen LogP contribution >= 0.6 is 23.1 Å². The van der Waals surface area contributed by atoms with E-state index in [1.807, 2.05) is 13.8 Å². The first-order valence-corrected chi connectivity index (χ1v) is 11.5. The van der Waals surface area contributed by atoms with Gasteiger partial charge in [-0.2, -0.15) is 0 Å². The SMILES string of the molecule is C=CCNc1nnc(SCC(=O)N(CCCC)c2c(N)n(CCC)c(=O)[nH]c2=O)s1. The van der Waals surface area contributed by atoms with Crippen LogP contribution in [0.15, 0.2) is 26.6 Å². The highest BCUT2D eigenvalue weighted by Gasteiger charge is 2.24. The molecule has 2 heterocycles. The summed E-state index contributed by atoms with van der Waals surface area (Å²) in [6.07, 6.45) is 3.89. The Balaban J connectivity index is 2.25. The predicted octanol–water partition coefficient (Wildman–Crippen LogP) is 1.90. The number of hydrogen-bond donors (Lipinski definition) is 3. The molecule has 2 aromatic rings. The summed E-state index contributed by atoms with van der Waals surface area (Å²) < 4.78 is 1.92. The van der Waals surface area contributed by atoms with E-state index >= 15 is 0 Å². The quantitative estimate of drug-likeness (QED) is 0.327. The lowest BCUT2D eigenvalue weighted by Crippen LogP contribution is -2.42. The van der Waals surface area contributed by atoms with E-state index in [2.05, 4.69) is 27.1 Å². The van der Waals surface area contributed by atoms with Crippen molar-refractivity contribution in [2.45, 2.75) is 44.0 Å². The van der Waals surface area contributed by atoms with Crippen molar-refractivity contribution in [3.8, 4) is 0 Å². The molecule has 0 saturated heterocycles. The Morgan fingerprint density at radius 2 is 2.13 bits per heavy atom. The molecule has 0 bridgehead atoms. The van der Waals surface area contributed by atoms with Crippen LogP contribution in [0.3, 0.4) is 0 Å². The molecule has 4 N–H and O–H groups in total. The first kappa shape index (κ1) is 23.7. The maximum Gasteiger partial charge on any atom is 0.330 e. The van der Waals surface area contributed by atoms with Gasteiger partial charge >= 0.3 is 5.69 Å². The molecule has 12 heteroatoms. The Hall–Kier alpha value is -2.60. The Bertz CT molecular complexity index is 983. The zero-order valence-corrected chi connectivity index (χ0v) is 18.8. The van der Waals surface area contributed by atoms with Gasteiger partial charge < -0.3 is 16.0 Å². The highest BCUT2D eigenvalue weighted by atomic mass is 32.2. The van der Waals surface area contributed by atoms with Gasteiger partial charge in [0.05, 0.1) is 5.75 Å². The van der Waals surface area contributed by atoms with Crippen LogP contribution in [-0.2, 0) is 11.3 Å². The minimum Gasteiger partial charge on any atom is -0.383 e. The number of aromatic nitrogens is 4. The first-order valence-electron chi connectivity index (χ1n) is 9.66. The maximum atomic E-state index is 13.0. The molecule has 1 amide bonds. The molecule has 0 saturated carbocycles. The average Bonchev–Trinajstić information content (AvgIpc) is 3.17. The van der Waals surface area contributed by atoms with Crippen LogP contribution in [0.5, 0.6) is 0 Å². The molecule has 0 atom stereocenters. The highest BCUT2D eigenvalue weighted by Crippen LogP contribution is 2.26. The first-order chi connectivity index (χ1) is 14.4. The molecule has 0 aliphatic carbocycles. The molecule has 164 valence electrons. The van der Waals surface area contributed by atoms with Crippen LogP contribution in [0.25, 0.3) is 0 Å². The van der Waals surface area contributed by atoms with Crippen molar-refractivity contribution >= 4 is 45.6 Å². The number of amides is 1.